The number of ether oxygens (including phenoxy) is 2. The van der Waals surface area contributed by atoms with Crippen LogP contribution in [0.1, 0.15) is 41.0 Å². The van der Waals surface area contributed by atoms with Crippen molar-refractivity contribution in [2.45, 2.75) is 26.4 Å². The molecule has 2 aromatic carbocycles. The highest BCUT2D eigenvalue weighted by Gasteiger charge is 2.36. The molecular weight excluding hydrogens is 346 g/mol. The van der Waals surface area contributed by atoms with Gasteiger partial charge in [0, 0.05) is 0 Å². The van der Waals surface area contributed by atoms with E-state index in [1.807, 2.05) is 6.92 Å². The van der Waals surface area contributed by atoms with Gasteiger partial charge in [-0.25, -0.2) is 0 Å². The molecule has 1 aliphatic rings. The largest absolute Gasteiger partial charge is 0.493 e. The number of amides is 2. The average Bonchev–Trinajstić information content (AvgIpc) is 2.79. The van der Waals surface area contributed by atoms with Crippen LogP contribution in [0, 0.1) is 0 Å². The molecule has 1 heterocycles. The van der Waals surface area contributed by atoms with Gasteiger partial charge < -0.3 is 9.47 Å². The predicted octanol–water partition coefficient (Wildman–Crippen LogP) is 3.11. The Balaban J connectivity index is 1.94. The van der Waals surface area contributed by atoms with Crippen LogP contribution in [0.4, 0.5) is 0 Å². The molecule has 0 spiro atoms. The van der Waals surface area contributed by atoms with Gasteiger partial charge in [-0.05, 0) is 37.6 Å². The van der Waals surface area contributed by atoms with Gasteiger partial charge in [0.25, 0.3) is 11.8 Å². The SMILES string of the molecule is CCOc1ccccc1C(=O)CN1C(=O)c2ccccc2OC(CC)C1=O. The molecule has 1 unspecified atom stereocenters. The molecule has 2 amide bonds. The molecule has 0 saturated heterocycles. The van der Waals surface area contributed by atoms with Gasteiger partial charge in [-0.3, -0.25) is 19.3 Å². The molecule has 0 saturated carbocycles. The number of carbonyl (C=O) groups excluding carboxylic acids is 3. The summed E-state index contributed by atoms with van der Waals surface area (Å²) in [6.07, 6.45) is -0.423. The number of nitrogens with zero attached hydrogens (tertiary/aromatic N) is 1. The van der Waals surface area contributed by atoms with E-state index in [2.05, 4.69) is 0 Å². The molecule has 0 aromatic heterocycles. The number of para-hydroxylation sites is 2. The third kappa shape index (κ3) is 3.69. The number of fused-ring (bicyclic) bond motifs is 1. The highest BCUT2D eigenvalue weighted by molar-refractivity contribution is 6.12. The van der Waals surface area contributed by atoms with Crippen LogP contribution in [0.5, 0.6) is 11.5 Å². The zero-order valence-electron chi connectivity index (χ0n) is 15.3. The number of ketones is 1. The second kappa shape index (κ2) is 8.03. The van der Waals surface area contributed by atoms with Crippen LogP contribution in [0.2, 0.25) is 0 Å². The molecule has 27 heavy (non-hydrogen) atoms. The quantitative estimate of drug-likeness (QED) is 0.579. The first-order valence-corrected chi connectivity index (χ1v) is 8.93. The van der Waals surface area contributed by atoms with Gasteiger partial charge >= 0.3 is 0 Å². The fourth-order valence-corrected chi connectivity index (χ4v) is 2.98. The van der Waals surface area contributed by atoms with E-state index in [0.29, 0.717) is 30.1 Å². The van der Waals surface area contributed by atoms with Crippen molar-refractivity contribution >= 4 is 17.6 Å². The van der Waals surface area contributed by atoms with Crippen LogP contribution >= 0.6 is 0 Å². The van der Waals surface area contributed by atoms with E-state index >= 15 is 0 Å². The Morgan fingerprint density at radius 2 is 1.78 bits per heavy atom. The maximum Gasteiger partial charge on any atom is 0.270 e. The van der Waals surface area contributed by atoms with E-state index in [9.17, 15) is 14.4 Å². The van der Waals surface area contributed by atoms with E-state index in [-0.39, 0.29) is 17.9 Å². The summed E-state index contributed by atoms with van der Waals surface area (Å²) in [6.45, 7) is 3.66. The molecule has 0 N–H and O–H groups in total. The fraction of sp³-hybridized carbons (Fsp3) is 0.286. The third-order valence-electron chi connectivity index (χ3n) is 4.33. The van der Waals surface area contributed by atoms with Crippen molar-refractivity contribution in [1.29, 1.82) is 0 Å². The molecule has 6 nitrogen and oxygen atoms in total. The molecule has 2 aromatic rings. The molecule has 0 aliphatic carbocycles. The van der Waals surface area contributed by atoms with Gasteiger partial charge in [-0.15, -0.1) is 0 Å². The standard InChI is InChI=1S/C21H21NO5/c1-3-17-21(25)22(20(24)15-10-6-8-12-19(15)27-17)13-16(23)14-9-5-7-11-18(14)26-4-2/h5-12,17H,3-4,13H2,1-2H3. The predicted molar refractivity (Wildman–Crippen MR) is 99.1 cm³/mol. The minimum atomic E-state index is -0.812. The molecule has 1 atom stereocenters. The van der Waals surface area contributed by atoms with Gasteiger partial charge in [-0.1, -0.05) is 31.2 Å². The van der Waals surface area contributed by atoms with E-state index in [1.165, 1.54) is 0 Å². The third-order valence-corrected chi connectivity index (χ3v) is 4.33. The number of carbonyl (C=O) groups is 3. The van der Waals surface area contributed by atoms with Crippen LogP contribution in [0.25, 0.3) is 0 Å². The van der Waals surface area contributed by atoms with Gasteiger partial charge in [0.05, 0.1) is 24.3 Å². The number of benzene rings is 2. The van der Waals surface area contributed by atoms with Crippen LogP contribution in [0.3, 0.4) is 0 Å². The number of rotatable bonds is 6. The summed E-state index contributed by atoms with van der Waals surface area (Å²) >= 11 is 0. The number of hydrogen-bond acceptors (Lipinski definition) is 5. The molecule has 0 bridgehead atoms. The lowest BCUT2D eigenvalue weighted by atomic mass is 10.1. The van der Waals surface area contributed by atoms with E-state index < -0.39 is 17.9 Å². The normalized spacial score (nSPS) is 16.4. The zero-order chi connectivity index (χ0) is 19.4. The van der Waals surface area contributed by atoms with E-state index in [1.54, 1.807) is 55.5 Å². The van der Waals surface area contributed by atoms with Crippen LogP contribution < -0.4 is 9.47 Å². The van der Waals surface area contributed by atoms with Crippen molar-refractivity contribution in [3.8, 4) is 11.5 Å². The van der Waals surface area contributed by atoms with Crippen molar-refractivity contribution in [3.05, 3.63) is 59.7 Å². The Morgan fingerprint density at radius 1 is 1.07 bits per heavy atom. The van der Waals surface area contributed by atoms with Crippen molar-refractivity contribution < 1.29 is 23.9 Å². The van der Waals surface area contributed by atoms with E-state index in [4.69, 9.17) is 9.47 Å². The minimum Gasteiger partial charge on any atom is -0.493 e. The Kier molecular flexibility index (Phi) is 5.54. The molecular formula is C21H21NO5. The second-order valence-corrected chi connectivity index (χ2v) is 6.09. The highest BCUT2D eigenvalue weighted by atomic mass is 16.5. The highest BCUT2D eigenvalue weighted by Crippen LogP contribution is 2.27. The Bertz CT molecular complexity index is 876. The first-order valence-electron chi connectivity index (χ1n) is 8.93. The van der Waals surface area contributed by atoms with Gasteiger partial charge in [0.15, 0.2) is 11.9 Å². The van der Waals surface area contributed by atoms with Crippen LogP contribution in [0.15, 0.2) is 48.5 Å². The summed E-state index contributed by atoms with van der Waals surface area (Å²) in [5.41, 5.74) is 0.610. The number of imide groups is 1. The van der Waals surface area contributed by atoms with Gasteiger partial charge in [0.2, 0.25) is 0 Å². The first kappa shape index (κ1) is 18.6. The summed E-state index contributed by atoms with van der Waals surface area (Å²) in [4.78, 5) is 39.6. The number of Topliss-reactive ketones (excluding diaryl/α,β-unsaturated/α-hetero) is 1. The number of hydrogen-bond donors (Lipinski definition) is 0. The zero-order valence-corrected chi connectivity index (χ0v) is 15.3. The lowest BCUT2D eigenvalue weighted by Crippen LogP contribution is -2.45. The summed E-state index contributed by atoms with van der Waals surface area (Å²) in [6, 6.07) is 13.5. The summed E-state index contributed by atoms with van der Waals surface area (Å²) in [5, 5.41) is 0. The maximum absolute atomic E-state index is 12.9. The summed E-state index contributed by atoms with van der Waals surface area (Å²) < 4.78 is 11.2. The lowest BCUT2D eigenvalue weighted by Gasteiger charge is -2.21. The summed E-state index contributed by atoms with van der Waals surface area (Å²) in [7, 11) is 0. The molecule has 1 aliphatic heterocycles. The van der Waals surface area contributed by atoms with Crippen molar-refractivity contribution in [2.75, 3.05) is 13.2 Å². The van der Waals surface area contributed by atoms with Crippen molar-refractivity contribution in [1.82, 2.24) is 4.90 Å². The Morgan fingerprint density at radius 3 is 2.52 bits per heavy atom. The fourth-order valence-electron chi connectivity index (χ4n) is 2.98. The molecule has 140 valence electrons. The Labute approximate surface area is 157 Å². The Hall–Kier alpha value is -3.15. The average molecular weight is 367 g/mol. The van der Waals surface area contributed by atoms with Gasteiger partial charge in [-0.2, -0.15) is 0 Å². The smallest absolute Gasteiger partial charge is 0.270 e. The maximum atomic E-state index is 12.9. The molecule has 0 fully saturated rings. The van der Waals surface area contributed by atoms with Crippen LogP contribution in [-0.2, 0) is 4.79 Å². The second-order valence-electron chi connectivity index (χ2n) is 6.09. The molecule has 6 heteroatoms. The topological polar surface area (TPSA) is 72.9 Å². The monoisotopic (exact) mass is 367 g/mol. The molecule has 3 rings (SSSR count). The first-order chi connectivity index (χ1) is 13.1. The van der Waals surface area contributed by atoms with Crippen LogP contribution in [-0.4, -0.2) is 41.8 Å². The van der Waals surface area contributed by atoms with Crippen molar-refractivity contribution in [2.24, 2.45) is 0 Å². The minimum absolute atomic E-state index is 0.271. The summed E-state index contributed by atoms with van der Waals surface area (Å²) in [5.74, 6) is -0.625. The van der Waals surface area contributed by atoms with E-state index in [0.717, 1.165) is 4.90 Å². The lowest BCUT2D eigenvalue weighted by molar-refractivity contribution is -0.135. The van der Waals surface area contributed by atoms with Crippen molar-refractivity contribution in [3.63, 3.8) is 0 Å². The van der Waals surface area contributed by atoms with Gasteiger partial charge in [0.1, 0.15) is 11.5 Å². The molecule has 0 radical (unpaired) electrons.